The van der Waals surface area contributed by atoms with Gasteiger partial charge in [0.1, 0.15) is 3.23 Å². The molecule has 0 amide bonds. The van der Waals surface area contributed by atoms with E-state index in [1.54, 1.807) is 6.08 Å². The fourth-order valence-electron chi connectivity index (χ4n) is 4.40. The van der Waals surface area contributed by atoms with Crippen LogP contribution in [-0.2, 0) is 11.8 Å². The topological polar surface area (TPSA) is 40.5 Å². The van der Waals surface area contributed by atoms with Crippen LogP contribution >= 0.6 is 31.9 Å². The molecule has 0 heterocycles. The number of aryl methyl sites for hydroxylation is 1. The first-order valence-corrected chi connectivity index (χ1v) is 8.81. The molecule has 0 saturated carbocycles. The molecule has 2 N–H and O–H groups in total. The van der Waals surface area contributed by atoms with Gasteiger partial charge in [0.25, 0.3) is 0 Å². The van der Waals surface area contributed by atoms with Crippen molar-refractivity contribution in [1.29, 1.82) is 0 Å². The van der Waals surface area contributed by atoms with E-state index < -0.39 is 9.02 Å². The Bertz CT molecular complexity index is 688. The molecule has 0 bridgehead atoms. The Hall–Kier alpha value is -0.420. The molecule has 1 aromatic carbocycles. The van der Waals surface area contributed by atoms with Crippen LogP contribution in [0.15, 0.2) is 47.6 Å². The summed E-state index contributed by atoms with van der Waals surface area (Å²) in [6, 6.07) is 8.42. The molecule has 3 aliphatic rings. The lowest BCUT2D eigenvalue weighted by Crippen LogP contribution is -2.42. The highest BCUT2D eigenvalue weighted by molar-refractivity contribution is 9.25. The third-order valence-electron chi connectivity index (χ3n) is 5.23. The summed E-state index contributed by atoms with van der Waals surface area (Å²) in [5.74, 6) is -1.85. The molecule has 4 heteroatoms. The Labute approximate surface area is 140 Å². The van der Waals surface area contributed by atoms with Crippen LogP contribution in [-0.4, -0.2) is 19.2 Å². The van der Waals surface area contributed by atoms with Gasteiger partial charge in [-0.1, -0.05) is 62.2 Å². The minimum Gasteiger partial charge on any atom is -0.359 e. The molecular weight excluding hydrogens is 396 g/mol. The minimum absolute atomic E-state index is 0.229. The fraction of sp³-hybridized carbons (Fsp3) is 0.412. The molecule has 1 atom stereocenters. The van der Waals surface area contributed by atoms with Crippen LogP contribution in [0.1, 0.15) is 30.4 Å². The van der Waals surface area contributed by atoms with Gasteiger partial charge in [-0.05, 0) is 48.5 Å². The molecule has 0 unspecified atom stereocenters. The summed E-state index contributed by atoms with van der Waals surface area (Å²) in [6.07, 6.45) is 7.04. The zero-order chi connectivity index (χ0) is 14.9. The number of hydrogen-bond acceptors (Lipinski definition) is 2. The van der Waals surface area contributed by atoms with E-state index in [4.69, 9.17) is 0 Å². The zero-order valence-corrected chi connectivity index (χ0v) is 14.6. The number of fused-ring (bicyclic) bond motifs is 3. The summed E-state index contributed by atoms with van der Waals surface area (Å²) in [7, 11) is 0. The second-order valence-corrected chi connectivity index (χ2v) is 9.84. The SMILES string of the molecule is OC1(O)C=CC(Br)(Br)C2=C1[C@]1(CC2)CCc2ccccc21. The van der Waals surface area contributed by atoms with E-state index in [2.05, 4.69) is 56.1 Å². The van der Waals surface area contributed by atoms with Crippen LogP contribution < -0.4 is 0 Å². The highest BCUT2D eigenvalue weighted by Gasteiger charge is 2.56. The van der Waals surface area contributed by atoms with E-state index in [9.17, 15) is 10.2 Å². The highest BCUT2D eigenvalue weighted by Crippen LogP contribution is 2.61. The molecule has 0 aliphatic heterocycles. The first-order valence-electron chi connectivity index (χ1n) is 7.23. The third kappa shape index (κ3) is 1.83. The van der Waals surface area contributed by atoms with Gasteiger partial charge in [-0.2, -0.15) is 0 Å². The number of alkyl halides is 2. The first kappa shape index (κ1) is 14.2. The van der Waals surface area contributed by atoms with Crippen molar-refractivity contribution in [3.63, 3.8) is 0 Å². The molecule has 1 aromatic rings. The maximum absolute atomic E-state index is 10.6. The van der Waals surface area contributed by atoms with E-state index in [1.165, 1.54) is 17.2 Å². The highest BCUT2D eigenvalue weighted by atomic mass is 79.9. The second-order valence-electron chi connectivity index (χ2n) is 6.28. The van der Waals surface area contributed by atoms with E-state index >= 15 is 0 Å². The summed E-state index contributed by atoms with van der Waals surface area (Å²) in [5.41, 5.74) is 4.22. The Morgan fingerprint density at radius 3 is 2.48 bits per heavy atom. The molecular formula is C17H16Br2O2. The van der Waals surface area contributed by atoms with Crippen LogP contribution in [0.4, 0.5) is 0 Å². The standard InChI is InChI=1S/C17H16Br2O2/c18-16(19)9-10-17(20,21)14-13(16)6-8-15(14)7-5-11-3-1-2-4-12(11)15/h1-4,9-10,20-21H,5-8H2/t15-/m0/s1. The van der Waals surface area contributed by atoms with Crippen molar-refractivity contribution in [3.8, 4) is 0 Å². The van der Waals surface area contributed by atoms with Crippen LogP contribution in [0.2, 0.25) is 0 Å². The summed E-state index contributed by atoms with van der Waals surface area (Å²) < 4.78 is -0.453. The molecule has 21 heavy (non-hydrogen) atoms. The Kier molecular flexibility index (Phi) is 2.92. The van der Waals surface area contributed by atoms with Crippen LogP contribution in [0.25, 0.3) is 0 Å². The summed E-state index contributed by atoms with van der Waals surface area (Å²) in [5, 5.41) is 21.2. The van der Waals surface area contributed by atoms with Gasteiger partial charge in [-0.25, -0.2) is 0 Å². The summed E-state index contributed by atoms with van der Waals surface area (Å²) in [4.78, 5) is 0. The number of benzene rings is 1. The number of allylic oxidation sites excluding steroid dienone is 2. The second kappa shape index (κ2) is 4.31. The van der Waals surface area contributed by atoms with Crippen LogP contribution in [0, 0.1) is 0 Å². The molecule has 3 aliphatic carbocycles. The number of rotatable bonds is 0. The van der Waals surface area contributed by atoms with E-state index in [1.807, 2.05) is 0 Å². The van der Waals surface area contributed by atoms with Crippen LogP contribution in [0.3, 0.4) is 0 Å². The molecule has 0 fully saturated rings. The van der Waals surface area contributed by atoms with E-state index in [0.29, 0.717) is 0 Å². The predicted molar refractivity (Wildman–Crippen MR) is 89.6 cm³/mol. The Morgan fingerprint density at radius 1 is 0.952 bits per heavy atom. The molecule has 0 radical (unpaired) electrons. The molecule has 0 saturated heterocycles. The van der Waals surface area contributed by atoms with Crippen molar-refractivity contribution in [2.45, 2.75) is 40.1 Å². The van der Waals surface area contributed by atoms with Gasteiger partial charge in [-0.15, -0.1) is 0 Å². The van der Waals surface area contributed by atoms with Crippen LogP contribution in [0.5, 0.6) is 0 Å². The maximum Gasteiger partial charge on any atom is 0.207 e. The number of hydrogen-bond donors (Lipinski definition) is 2. The van der Waals surface area contributed by atoms with Gasteiger partial charge in [0.2, 0.25) is 5.79 Å². The van der Waals surface area contributed by atoms with Crippen molar-refractivity contribution < 1.29 is 10.2 Å². The van der Waals surface area contributed by atoms with Gasteiger partial charge in [0.05, 0.1) is 0 Å². The van der Waals surface area contributed by atoms with Gasteiger partial charge in [0, 0.05) is 11.0 Å². The lowest BCUT2D eigenvalue weighted by Gasteiger charge is -2.39. The van der Waals surface area contributed by atoms with Crippen molar-refractivity contribution in [3.05, 3.63) is 58.7 Å². The lowest BCUT2D eigenvalue weighted by molar-refractivity contribution is -0.0940. The molecule has 2 nitrogen and oxygen atoms in total. The Balaban J connectivity index is 1.97. The maximum atomic E-state index is 10.6. The third-order valence-corrected chi connectivity index (χ3v) is 6.72. The van der Waals surface area contributed by atoms with Crippen molar-refractivity contribution >= 4 is 31.9 Å². The molecule has 110 valence electrons. The van der Waals surface area contributed by atoms with Crippen molar-refractivity contribution in [2.75, 3.05) is 0 Å². The van der Waals surface area contributed by atoms with E-state index in [-0.39, 0.29) is 5.41 Å². The number of halogens is 2. The molecule has 1 spiro atoms. The monoisotopic (exact) mass is 410 g/mol. The minimum atomic E-state index is -1.85. The lowest BCUT2D eigenvalue weighted by atomic mass is 9.71. The quantitative estimate of drug-likeness (QED) is 0.388. The van der Waals surface area contributed by atoms with Gasteiger partial charge in [0.15, 0.2) is 0 Å². The summed E-state index contributed by atoms with van der Waals surface area (Å²) in [6.45, 7) is 0. The van der Waals surface area contributed by atoms with Gasteiger partial charge in [-0.3, -0.25) is 0 Å². The molecule has 0 aromatic heterocycles. The van der Waals surface area contributed by atoms with Crippen molar-refractivity contribution in [1.82, 2.24) is 0 Å². The first-order chi connectivity index (χ1) is 9.87. The van der Waals surface area contributed by atoms with E-state index in [0.717, 1.165) is 36.8 Å². The summed E-state index contributed by atoms with van der Waals surface area (Å²) >= 11 is 7.34. The molecule has 4 rings (SSSR count). The van der Waals surface area contributed by atoms with Gasteiger partial charge < -0.3 is 10.2 Å². The Morgan fingerprint density at radius 2 is 1.67 bits per heavy atom. The number of aliphatic hydroxyl groups is 2. The smallest absolute Gasteiger partial charge is 0.207 e. The van der Waals surface area contributed by atoms with Gasteiger partial charge >= 0.3 is 0 Å². The average Bonchev–Trinajstić information content (AvgIpc) is 3.01. The zero-order valence-electron chi connectivity index (χ0n) is 11.4. The fourth-order valence-corrected chi connectivity index (χ4v) is 5.45. The normalized spacial score (nSPS) is 31.6. The van der Waals surface area contributed by atoms with Crippen molar-refractivity contribution in [2.24, 2.45) is 0 Å². The average molecular weight is 412 g/mol. The predicted octanol–water partition coefficient (Wildman–Crippen LogP) is 3.70. The largest absolute Gasteiger partial charge is 0.359 e.